The topological polar surface area (TPSA) is 119 Å². The number of anilines is 1. The Balaban J connectivity index is 0.00000208. The quantitative estimate of drug-likeness (QED) is 0.713. The van der Waals surface area contributed by atoms with Gasteiger partial charge in [0.1, 0.15) is 8.42 Å². The van der Waals surface area contributed by atoms with Crippen LogP contribution in [0.15, 0.2) is 14.5 Å². The van der Waals surface area contributed by atoms with Crippen molar-refractivity contribution in [1.82, 2.24) is 4.90 Å². The lowest BCUT2D eigenvalue weighted by Crippen LogP contribution is -2.41. The largest absolute Gasteiger partial charge is 0.382 e. The van der Waals surface area contributed by atoms with Crippen molar-refractivity contribution in [3.05, 3.63) is 6.07 Å². The first-order valence-corrected chi connectivity index (χ1v) is 11.1. The molecule has 3 N–H and O–H groups in total. The first-order valence-electron chi connectivity index (χ1n) is 7.23. The van der Waals surface area contributed by atoms with Gasteiger partial charge >= 0.3 is 0 Å². The van der Waals surface area contributed by atoms with Gasteiger partial charge < -0.3 is 10.1 Å². The minimum absolute atomic E-state index is 0. The Morgan fingerprint density at radius 3 is 2.67 bits per heavy atom. The van der Waals surface area contributed by atoms with Gasteiger partial charge in [-0.05, 0) is 19.0 Å². The maximum absolute atomic E-state index is 12.7. The minimum Gasteiger partial charge on any atom is -0.382 e. The van der Waals surface area contributed by atoms with Crippen LogP contribution in [0.5, 0.6) is 0 Å². The molecule has 12 heteroatoms. The van der Waals surface area contributed by atoms with Crippen LogP contribution >= 0.6 is 23.7 Å². The van der Waals surface area contributed by atoms with Crippen LogP contribution in [0.1, 0.15) is 6.42 Å². The SMILES string of the molecule is Cl.NS(=O)(=O)c1cc2c(s1)S(=O)(=O)C(CCN1CCOCC1)CN2. The number of nitrogens with one attached hydrogen (secondary N) is 1. The zero-order valence-electron chi connectivity index (χ0n) is 12.8. The molecule has 0 aromatic carbocycles. The van der Waals surface area contributed by atoms with Crippen LogP contribution in [0.2, 0.25) is 0 Å². The Labute approximate surface area is 151 Å². The number of rotatable bonds is 4. The first kappa shape index (κ1) is 19.9. The van der Waals surface area contributed by atoms with Crippen molar-refractivity contribution in [3.8, 4) is 0 Å². The van der Waals surface area contributed by atoms with E-state index in [0.29, 0.717) is 31.9 Å². The predicted octanol–water partition coefficient (Wildman–Crippen LogP) is 0.107. The van der Waals surface area contributed by atoms with Gasteiger partial charge in [0.25, 0.3) is 0 Å². The fourth-order valence-corrected chi connectivity index (χ4v) is 7.08. The molecule has 1 unspecified atom stereocenters. The maximum Gasteiger partial charge on any atom is 0.247 e. The molecule has 138 valence electrons. The van der Waals surface area contributed by atoms with Gasteiger partial charge in [-0.25, -0.2) is 22.0 Å². The van der Waals surface area contributed by atoms with E-state index in [0.717, 1.165) is 24.4 Å². The predicted molar refractivity (Wildman–Crippen MR) is 94.3 cm³/mol. The fourth-order valence-electron chi connectivity index (χ4n) is 2.72. The third-order valence-corrected chi connectivity index (χ3v) is 9.36. The average molecular weight is 418 g/mol. The average Bonchev–Trinajstić information content (AvgIpc) is 2.93. The van der Waals surface area contributed by atoms with E-state index in [2.05, 4.69) is 10.2 Å². The Kier molecular flexibility index (Phi) is 6.17. The summed E-state index contributed by atoms with van der Waals surface area (Å²) in [7, 11) is -7.45. The molecule has 2 aliphatic heterocycles. The molecule has 2 aliphatic rings. The molecule has 0 bridgehead atoms. The molecule has 1 aromatic heterocycles. The molecule has 3 heterocycles. The number of hydrogen-bond donors (Lipinski definition) is 2. The molecular formula is C12H20ClN3O5S3. The van der Waals surface area contributed by atoms with E-state index in [1.807, 2.05) is 0 Å². The van der Waals surface area contributed by atoms with Crippen molar-refractivity contribution in [2.45, 2.75) is 20.1 Å². The van der Waals surface area contributed by atoms with E-state index >= 15 is 0 Å². The molecule has 0 saturated carbocycles. The third-order valence-electron chi connectivity index (χ3n) is 4.04. The van der Waals surface area contributed by atoms with Crippen molar-refractivity contribution < 1.29 is 21.6 Å². The van der Waals surface area contributed by atoms with Gasteiger partial charge in [0, 0.05) is 19.6 Å². The number of hydrogen-bond acceptors (Lipinski definition) is 8. The zero-order chi connectivity index (χ0) is 16.7. The number of thiophene rings is 1. The second kappa shape index (κ2) is 7.44. The summed E-state index contributed by atoms with van der Waals surface area (Å²) in [4.78, 5) is 2.18. The summed E-state index contributed by atoms with van der Waals surface area (Å²) in [6, 6.07) is 1.30. The summed E-state index contributed by atoms with van der Waals surface area (Å²) in [5.74, 6) is 0. The van der Waals surface area contributed by atoms with Crippen LogP contribution in [0.3, 0.4) is 0 Å². The van der Waals surface area contributed by atoms with Gasteiger partial charge in [-0.15, -0.1) is 23.7 Å². The lowest BCUT2D eigenvalue weighted by Gasteiger charge is -2.29. The summed E-state index contributed by atoms with van der Waals surface area (Å²) in [5, 5.41) is 7.54. The van der Waals surface area contributed by atoms with Crippen LogP contribution in [0.4, 0.5) is 5.69 Å². The van der Waals surface area contributed by atoms with Gasteiger partial charge in [0.05, 0.1) is 24.2 Å². The summed E-state index contributed by atoms with van der Waals surface area (Å²) >= 11 is 0.717. The van der Waals surface area contributed by atoms with E-state index in [1.165, 1.54) is 6.07 Å². The van der Waals surface area contributed by atoms with Crippen molar-refractivity contribution in [1.29, 1.82) is 0 Å². The summed E-state index contributed by atoms with van der Waals surface area (Å²) < 4.78 is 53.5. The van der Waals surface area contributed by atoms with Crippen molar-refractivity contribution in [2.24, 2.45) is 5.14 Å². The molecule has 1 atom stereocenters. The van der Waals surface area contributed by atoms with Gasteiger partial charge in [0.15, 0.2) is 9.84 Å². The van der Waals surface area contributed by atoms with Crippen molar-refractivity contribution in [3.63, 3.8) is 0 Å². The molecule has 1 aromatic rings. The second-order valence-electron chi connectivity index (χ2n) is 5.60. The van der Waals surface area contributed by atoms with E-state index < -0.39 is 25.1 Å². The zero-order valence-corrected chi connectivity index (χ0v) is 16.1. The summed E-state index contributed by atoms with van der Waals surface area (Å²) in [5.41, 5.74) is 0.335. The number of nitrogens with two attached hydrogens (primary N) is 1. The molecule has 1 saturated heterocycles. The highest BCUT2D eigenvalue weighted by Crippen LogP contribution is 2.39. The van der Waals surface area contributed by atoms with Crippen LogP contribution in [-0.2, 0) is 24.6 Å². The Morgan fingerprint density at radius 1 is 1.38 bits per heavy atom. The maximum atomic E-state index is 12.7. The molecular weight excluding hydrogens is 398 g/mol. The van der Waals surface area contributed by atoms with Crippen LogP contribution in [-0.4, -0.2) is 66.4 Å². The second-order valence-corrected chi connectivity index (χ2v) is 10.9. The monoisotopic (exact) mass is 417 g/mol. The third kappa shape index (κ3) is 4.03. The highest BCUT2D eigenvalue weighted by Gasteiger charge is 2.37. The Hall–Kier alpha value is -0.430. The smallest absolute Gasteiger partial charge is 0.247 e. The lowest BCUT2D eigenvalue weighted by molar-refractivity contribution is 0.0374. The Morgan fingerprint density at radius 2 is 2.04 bits per heavy atom. The van der Waals surface area contributed by atoms with Crippen LogP contribution in [0.25, 0.3) is 0 Å². The normalized spacial score (nSPS) is 23.8. The van der Waals surface area contributed by atoms with Gasteiger partial charge in [-0.2, -0.15) is 0 Å². The van der Waals surface area contributed by atoms with Crippen molar-refractivity contribution in [2.75, 3.05) is 44.7 Å². The van der Waals surface area contributed by atoms with Gasteiger partial charge in [-0.1, -0.05) is 0 Å². The molecule has 0 spiro atoms. The molecule has 24 heavy (non-hydrogen) atoms. The molecule has 0 amide bonds. The summed E-state index contributed by atoms with van der Waals surface area (Å²) in [6.45, 7) is 3.91. The molecule has 8 nitrogen and oxygen atoms in total. The number of sulfone groups is 1. The molecule has 0 aliphatic carbocycles. The Bertz CT molecular complexity index is 787. The highest BCUT2D eigenvalue weighted by molar-refractivity contribution is 7.95. The van der Waals surface area contributed by atoms with Gasteiger partial charge in [-0.3, -0.25) is 4.90 Å². The number of ether oxygens (including phenoxy) is 1. The van der Waals surface area contributed by atoms with Gasteiger partial charge in [0.2, 0.25) is 10.0 Å². The van der Waals surface area contributed by atoms with E-state index in [1.54, 1.807) is 0 Å². The number of morpholine rings is 1. The lowest BCUT2D eigenvalue weighted by atomic mass is 10.2. The number of fused-ring (bicyclic) bond motifs is 1. The molecule has 0 radical (unpaired) electrons. The van der Waals surface area contributed by atoms with Crippen LogP contribution in [0, 0.1) is 0 Å². The number of halogens is 1. The summed E-state index contributed by atoms with van der Waals surface area (Å²) in [6.07, 6.45) is 0.497. The number of sulfonamides is 1. The fraction of sp³-hybridized carbons (Fsp3) is 0.667. The van der Waals surface area contributed by atoms with E-state index in [4.69, 9.17) is 9.88 Å². The number of primary sulfonamides is 1. The highest BCUT2D eigenvalue weighted by atomic mass is 35.5. The van der Waals surface area contributed by atoms with Crippen molar-refractivity contribution >= 4 is 49.3 Å². The van der Waals surface area contributed by atoms with Crippen LogP contribution < -0.4 is 10.5 Å². The number of nitrogens with zero attached hydrogens (tertiary/aromatic N) is 1. The standard InChI is InChI=1S/C12H19N3O5S3.ClH/c13-23(18,19)11-7-10-12(21-11)22(16,17)9(8-14-10)1-2-15-3-5-20-6-4-15;/h7,9,14H,1-6,8H2,(H2,13,18,19);1H. The first-order chi connectivity index (χ1) is 10.8. The van der Waals surface area contributed by atoms with E-state index in [-0.39, 0.29) is 27.4 Å². The molecule has 3 rings (SSSR count). The minimum atomic E-state index is -3.90. The molecule has 1 fully saturated rings. The van der Waals surface area contributed by atoms with E-state index in [9.17, 15) is 16.8 Å².